The van der Waals surface area contributed by atoms with Crippen molar-refractivity contribution in [3.8, 4) is 11.1 Å². The van der Waals surface area contributed by atoms with Gasteiger partial charge < -0.3 is 9.64 Å². The predicted octanol–water partition coefficient (Wildman–Crippen LogP) is 2.24. The van der Waals surface area contributed by atoms with E-state index in [0.29, 0.717) is 30.7 Å². The Morgan fingerprint density at radius 2 is 1.91 bits per heavy atom. The van der Waals surface area contributed by atoms with Crippen LogP contribution in [0.25, 0.3) is 11.1 Å². The highest BCUT2D eigenvalue weighted by atomic mass is 32.2. The molecule has 3 aliphatic rings. The highest BCUT2D eigenvalue weighted by molar-refractivity contribution is 7.87. The van der Waals surface area contributed by atoms with Gasteiger partial charge in [0.05, 0.1) is 18.7 Å². The molecule has 3 atom stereocenters. The molecule has 0 aromatic heterocycles. The molecule has 0 radical (unpaired) electrons. The fourth-order valence-corrected chi connectivity index (χ4v) is 5.95. The second kappa shape index (κ2) is 8.47. The van der Waals surface area contributed by atoms with Gasteiger partial charge in [0.15, 0.2) is 0 Å². The van der Waals surface area contributed by atoms with Crippen LogP contribution in [0.1, 0.15) is 24.8 Å². The maximum Gasteiger partial charge on any atom is 0.277 e. The molecule has 5 rings (SSSR count). The SMILES string of the molecule is CNS(=O)(=O)N[C@@H]1[C@H](Cc2cccc(-c3ccccc3)c2F)N(C(=O)[C@H]2CCO2)CC12CC2. The Balaban J connectivity index is 1.50. The molecule has 1 spiro atoms. The summed E-state index contributed by atoms with van der Waals surface area (Å²) in [4.78, 5) is 14.9. The molecule has 2 heterocycles. The van der Waals surface area contributed by atoms with Gasteiger partial charge in [0.25, 0.3) is 16.1 Å². The van der Waals surface area contributed by atoms with Crippen LogP contribution < -0.4 is 9.44 Å². The van der Waals surface area contributed by atoms with Crippen molar-refractivity contribution in [3.05, 3.63) is 59.9 Å². The lowest BCUT2D eigenvalue weighted by atomic mass is 9.91. The molecule has 2 aromatic carbocycles. The van der Waals surface area contributed by atoms with E-state index < -0.39 is 28.4 Å². The van der Waals surface area contributed by atoms with Gasteiger partial charge >= 0.3 is 0 Å². The molecule has 3 fully saturated rings. The number of ether oxygens (including phenoxy) is 1. The number of hydrogen-bond acceptors (Lipinski definition) is 4. The van der Waals surface area contributed by atoms with E-state index in [2.05, 4.69) is 9.44 Å². The van der Waals surface area contributed by atoms with Gasteiger partial charge in [0.2, 0.25) is 0 Å². The van der Waals surface area contributed by atoms with Gasteiger partial charge in [0.1, 0.15) is 11.9 Å². The van der Waals surface area contributed by atoms with Crippen molar-refractivity contribution in [2.75, 3.05) is 20.2 Å². The molecular weight excluding hydrogens is 445 g/mol. The minimum atomic E-state index is -3.74. The third-order valence-electron chi connectivity index (χ3n) is 7.22. The summed E-state index contributed by atoms with van der Waals surface area (Å²) in [5.41, 5.74) is 1.40. The van der Waals surface area contributed by atoms with Gasteiger partial charge in [-0.05, 0) is 30.4 Å². The largest absolute Gasteiger partial charge is 0.368 e. The standard InChI is InChI=1S/C24H28FN3O4S/c1-26-33(30,31)27-22-19(28(15-24(22)11-12-24)23(29)20-10-13-32-20)14-17-8-5-9-18(21(17)25)16-6-3-2-4-7-16/h2-9,19-20,22,26-27H,10-15H2,1H3/t19-,20+,22+/m0/s1. The van der Waals surface area contributed by atoms with Crippen LogP contribution in [0, 0.1) is 11.2 Å². The molecule has 2 aliphatic heterocycles. The molecule has 0 bridgehead atoms. The van der Waals surface area contributed by atoms with Crippen LogP contribution in [0.2, 0.25) is 0 Å². The number of benzene rings is 2. The first-order valence-corrected chi connectivity index (χ1v) is 12.8. The normalized spacial score (nSPS) is 25.8. The fourth-order valence-electron chi connectivity index (χ4n) is 5.09. The van der Waals surface area contributed by atoms with E-state index in [-0.39, 0.29) is 23.6 Å². The van der Waals surface area contributed by atoms with E-state index in [4.69, 9.17) is 4.74 Å². The zero-order valence-electron chi connectivity index (χ0n) is 18.5. The summed E-state index contributed by atoms with van der Waals surface area (Å²) in [6.45, 7) is 0.997. The van der Waals surface area contributed by atoms with E-state index in [9.17, 15) is 13.2 Å². The summed E-state index contributed by atoms with van der Waals surface area (Å²) < 4.78 is 51.0. The van der Waals surface area contributed by atoms with Crippen molar-refractivity contribution >= 4 is 16.1 Å². The van der Waals surface area contributed by atoms with Crippen molar-refractivity contribution in [1.29, 1.82) is 0 Å². The molecule has 1 saturated carbocycles. The summed E-state index contributed by atoms with van der Waals surface area (Å²) in [7, 11) is -2.40. The third-order valence-corrected chi connectivity index (χ3v) is 8.32. The van der Waals surface area contributed by atoms with Crippen LogP contribution in [0.15, 0.2) is 48.5 Å². The molecule has 9 heteroatoms. The lowest BCUT2D eigenvalue weighted by Gasteiger charge is -2.34. The van der Waals surface area contributed by atoms with Crippen LogP contribution in [0.5, 0.6) is 0 Å². The number of hydrogen-bond donors (Lipinski definition) is 2. The zero-order valence-corrected chi connectivity index (χ0v) is 19.3. The van der Waals surface area contributed by atoms with Gasteiger partial charge in [-0.1, -0.05) is 48.5 Å². The van der Waals surface area contributed by atoms with Crippen LogP contribution in [0.4, 0.5) is 4.39 Å². The average molecular weight is 474 g/mol. The molecular formula is C24H28FN3O4S. The first-order chi connectivity index (χ1) is 15.8. The summed E-state index contributed by atoms with van der Waals surface area (Å²) in [5.74, 6) is -0.480. The first-order valence-electron chi connectivity index (χ1n) is 11.3. The molecule has 2 saturated heterocycles. The van der Waals surface area contributed by atoms with Gasteiger partial charge in [-0.3, -0.25) is 4.79 Å². The van der Waals surface area contributed by atoms with E-state index in [1.807, 2.05) is 30.3 Å². The quantitative estimate of drug-likeness (QED) is 0.646. The molecule has 7 nitrogen and oxygen atoms in total. The number of nitrogens with one attached hydrogen (secondary N) is 2. The number of amides is 1. The Bertz CT molecular complexity index is 1150. The summed E-state index contributed by atoms with van der Waals surface area (Å²) in [6, 6.07) is 13.5. The molecule has 176 valence electrons. The van der Waals surface area contributed by atoms with E-state index >= 15 is 4.39 Å². The Morgan fingerprint density at radius 3 is 2.52 bits per heavy atom. The second-order valence-corrected chi connectivity index (χ2v) is 10.8. The minimum absolute atomic E-state index is 0.136. The van der Waals surface area contributed by atoms with Crippen LogP contribution in [-0.4, -0.2) is 57.6 Å². The number of halogens is 1. The maximum atomic E-state index is 15.6. The van der Waals surface area contributed by atoms with Gasteiger partial charge in [-0.15, -0.1) is 0 Å². The molecule has 2 N–H and O–H groups in total. The zero-order chi connectivity index (χ0) is 23.2. The monoisotopic (exact) mass is 473 g/mol. The molecule has 33 heavy (non-hydrogen) atoms. The highest BCUT2D eigenvalue weighted by Crippen LogP contribution is 2.56. The van der Waals surface area contributed by atoms with Gasteiger partial charge in [-0.25, -0.2) is 9.11 Å². The van der Waals surface area contributed by atoms with E-state index in [1.54, 1.807) is 23.1 Å². The number of rotatable bonds is 7. The third kappa shape index (κ3) is 4.19. The van der Waals surface area contributed by atoms with Crippen molar-refractivity contribution < 1.29 is 22.3 Å². The minimum Gasteiger partial charge on any atom is -0.368 e. The van der Waals surface area contributed by atoms with Crippen molar-refractivity contribution in [2.45, 2.75) is 43.9 Å². The maximum absolute atomic E-state index is 15.6. The molecule has 0 unspecified atom stereocenters. The average Bonchev–Trinajstić information content (AvgIpc) is 3.49. The summed E-state index contributed by atoms with van der Waals surface area (Å²) in [5, 5.41) is 0. The molecule has 1 aliphatic carbocycles. The lowest BCUT2D eigenvalue weighted by molar-refractivity contribution is -0.157. The Kier molecular flexibility index (Phi) is 5.76. The summed E-state index contributed by atoms with van der Waals surface area (Å²) in [6.07, 6.45) is 2.01. The summed E-state index contributed by atoms with van der Waals surface area (Å²) >= 11 is 0. The van der Waals surface area contributed by atoms with Gasteiger partial charge in [-0.2, -0.15) is 13.1 Å². The predicted molar refractivity (Wildman–Crippen MR) is 122 cm³/mol. The smallest absolute Gasteiger partial charge is 0.277 e. The van der Waals surface area contributed by atoms with E-state index in [0.717, 1.165) is 18.4 Å². The van der Waals surface area contributed by atoms with Crippen LogP contribution in [-0.2, 0) is 26.2 Å². The topological polar surface area (TPSA) is 87.7 Å². The fraction of sp³-hybridized carbons (Fsp3) is 0.458. The van der Waals surface area contributed by atoms with Crippen molar-refractivity contribution in [1.82, 2.24) is 14.3 Å². The first kappa shape index (κ1) is 22.5. The number of carbonyl (C=O) groups excluding carboxylic acids is 1. The Labute approximate surface area is 193 Å². The van der Waals surface area contributed by atoms with Crippen LogP contribution >= 0.6 is 0 Å². The second-order valence-electron chi connectivity index (χ2n) is 9.20. The number of carbonyl (C=O) groups is 1. The lowest BCUT2D eigenvalue weighted by Crippen LogP contribution is -2.54. The highest BCUT2D eigenvalue weighted by Gasteiger charge is 2.62. The molecule has 2 aromatic rings. The number of nitrogens with zero attached hydrogens (tertiary/aromatic N) is 1. The number of likely N-dealkylation sites (tertiary alicyclic amines) is 1. The van der Waals surface area contributed by atoms with Crippen molar-refractivity contribution in [3.63, 3.8) is 0 Å². The molecule has 1 amide bonds. The Morgan fingerprint density at radius 1 is 1.18 bits per heavy atom. The van der Waals surface area contributed by atoms with E-state index in [1.165, 1.54) is 7.05 Å². The Hall–Kier alpha value is -2.33. The van der Waals surface area contributed by atoms with Crippen molar-refractivity contribution in [2.24, 2.45) is 5.41 Å². The van der Waals surface area contributed by atoms with Crippen LogP contribution in [0.3, 0.4) is 0 Å². The van der Waals surface area contributed by atoms with Gasteiger partial charge in [0, 0.05) is 31.0 Å².